The first-order valence-corrected chi connectivity index (χ1v) is 7.80. The molecule has 1 aromatic carbocycles. The molecule has 2 aromatic rings. The van der Waals surface area contributed by atoms with Crippen molar-refractivity contribution < 1.29 is 0 Å². The first-order chi connectivity index (χ1) is 10.2. The summed E-state index contributed by atoms with van der Waals surface area (Å²) in [5, 5.41) is 7.87. The second kappa shape index (κ2) is 5.98. The number of benzene rings is 1. The molecule has 0 amide bonds. The monoisotopic (exact) mass is 284 g/mol. The summed E-state index contributed by atoms with van der Waals surface area (Å²) in [5.74, 6) is 2.26. The van der Waals surface area contributed by atoms with E-state index in [1.807, 2.05) is 0 Å². The van der Waals surface area contributed by atoms with Crippen LogP contribution >= 0.6 is 0 Å². The molecule has 21 heavy (non-hydrogen) atoms. The first-order valence-electron chi connectivity index (χ1n) is 7.80. The van der Waals surface area contributed by atoms with Crippen molar-refractivity contribution >= 4 is 0 Å². The molecule has 0 aliphatic heterocycles. The van der Waals surface area contributed by atoms with Crippen LogP contribution in [0, 0.1) is 11.8 Å². The fraction of sp³-hybridized carbons (Fsp3) is 0.529. The number of fused-ring (bicyclic) bond motifs is 1. The Bertz CT molecular complexity index is 602. The van der Waals surface area contributed by atoms with Gasteiger partial charge in [-0.05, 0) is 36.4 Å². The first kappa shape index (κ1) is 14.3. The predicted octanol–water partition coefficient (Wildman–Crippen LogP) is 2.61. The standard InChI is InChI=1S/C17H24N4/c1-12(2)10-21-16(19-11-20-21)9-14-8-13-6-4-5-7-15(13)17(14)18-3/h4-7,11-12,14,17-18H,8-10H2,1-3H3. The van der Waals surface area contributed by atoms with Crippen LogP contribution in [-0.2, 0) is 19.4 Å². The maximum absolute atomic E-state index is 4.49. The van der Waals surface area contributed by atoms with Crippen LogP contribution in [-0.4, -0.2) is 21.8 Å². The van der Waals surface area contributed by atoms with E-state index in [1.54, 1.807) is 6.33 Å². The highest BCUT2D eigenvalue weighted by Crippen LogP contribution is 2.37. The molecule has 1 aliphatic carbocycles. The van der Waals surface area contributed by atoms with Gasteiger partial charge in [0.05, 0.1) is 0 Å². The van der Waals surface area contributed by atoms with Crippen LogP contribution in [0.5, 0.6) is 0 Å². The molecule has 0 spiro atoms. The lowest BCUT2D eigenvalue weighted by Crippen LogP contribution is -2.24. The van der Waals surface area contributed by atoms with Crippen LogP contribution in [0.25, 0.3) is 0 Å². The molecule has 2 atom stereocenters. The summed E-state index contributed by atoms with van der Waals surface area (Å²) >= 11 is 0. The van der Waals surface area contributed by atoms with E-state index in [9.17, 15) is 0 Å². The minimum absolute atomic E-state index is 0.422. The lowest BCUT2D eigenvalue weighted by atomic mass is 9.96. The SMILES string of the molecule is CNC1c2ccccc2CC1Cc1ncnn1CC(C)C. The Morgan fingerprint density at radius 1 is 1.33 bits per heavy atom. The zero-order valence-electron chi connectivity index (χ0n) is 13.1. The van der Waals surface area contributed by atoms with Crippen molar-refractivity contribution in [1.82, 2.24) is 20.1 Å². The fourth-order valence-corrected chi connectivity index (χ4v) is 3.44. The summed E-state index contributed by atoms with van der Waals surface area (Å²) in [6.07, 6.45) is 3.79. The van der Waals surface area contributed by atoms with E-state index < -0.39 is 0 Å². The highest BCUT2D eigenvalue weighted by molar-refractivity contribution is 5.36. The van der Waals surface area contributed by atoms with Gasteiger partial charge in [-0.25, -0.2) is 9.67 Å². The highest BCUT2D eigenvalue weighted by Gasteiger charge is 2.32. The number of nitrogens with one attached hydrogen (secondary N) is 1. The van der Waals surface area contributed by atoms with Gasteiger partial charge in [-0.15, -0.1) is 0 Å². The Labute approximate surface area is 126 Å². The van der Waals surface area contributed by atoms with Crippen molar-refractivity contribution in [1.29, 1.82) is 0 Å². The van der Waals surface area contributed by atoms with E-state index in [0.29, 0.717) is 17.9 Å². The Morgan fingerprint density at radius 2 is 2.14 bits per heavy atom. The second-order valence-electron chi connectivity index (χ2n) is 6.39. The van der Waals surface area contributed by atoms with E-state index in [4.69, 9.17) is 0 Å². The van der Waals surface area contributed by atoms with E-state index in [0.717, 1.165) is 25.2 Å². The molecule has 0 fully saturated rings. The van der Waals surface area contributed by atoms with Crippen LogP contribution in [0.3, 0.4) is 0 Å². The van der Waals surface area contributed by atoms with Crippen molar-refractivity contribution in [3.63, 3.8) is 0 Å². The molecule has 0 saturated carbocycles. The molecule has 112 valence electrons. The third-order valence-corrected chi connectivity index (χ3v) is 4.33. The summed E-state index contributed by atoms with van der Waals surface area (Å²) in [7, 11) is 2.05. The molecular formula is C17H24N4. The number of hydrogen-bond acceptors (Lipinski definition) is 3. The lowest BCUT2D eigenvalue weighted by Gasteiger charge is -2.20. The third kappa shape index (κ3) is 2.86. The fourth-order valence-electron chi connectivity index (χ4n) is 3.44. The van der Waals surface area contributed by atoms with Gasteiger partial charge in [0.25, 0.3) is 0 Å². The van der Waals surface area contributed by atoms with Crippen LogP contribution in [0.1, 0.15) is 36.8 Å². The largest absolute Gasteiger partial charge is 0.313 e. The number of aromatic nitrogens is 3. The van der Waals surface area contributed by atoms with Crippen molar-refractivity contribution in [2.75, 3.05) is 7.05 Å². The summed E-state index contributed by atoms with van der Waals surface area (Å²) in [6, 6.07) is 9.18. The molecule has 3 rings (SSSR count). The van der Waals surface area contributed by atoms with Gasteiger partial charge in [0.2, 0.25) is 0 Å². The normalized spacial score (nSPS) is 21.0. The Balaban J connectivity index is 1.79. The second-order valence-corrected chi connectivity index (χ2v) is 6.39. The Hall–Kier alpha value is -1.68. The van der Waals surface area contributed by atoms with Crippen molar-refractivity contribution in [3.05, 3.63) is 47.5 Å². The van der Waals surface area contributed by atoms with E-state index in [-0.39, 0.29) is 0 Å². The molecule has 1 N–H and O–H groups in total. The summed E-state index contributed by atoms with van der Waals surface area (Å²) in [4.78, 5) is 4.49. The molecular weight excluding hydrogens is 260 g/mol. The topological polar surface area (TPSA) is 42.7 Å². The number of nitrogens with zero attached hydrogens (tertiary/aromatic N) is 3. The zero-order valence-corrected chi connectivity index (χ0v) is 13.1. The summed E-state index contributed by atoms with van der Waals surface area (Å²) in [6.45, 7) is 5.37. The molecule has 1 aliphatic rings. The van der Waals surface area contributed by atoms with Crippen molar-refractivity contribution in [2.24, 2.45) is 11.8 Å². The van der Waals surface area contributed by atoms with E-state index in [2.05, 4.69) is 65.2 Å². The Kier molecular flexibility index (Phi) is 4.06. The van der Waals surface area contributed by atoms with Gasteiger partial charge in [-0.1, -0.05) is 38.1 Å². The zero-order chi connectivity index (χ0) is 14.8. The van der Waals surface area contributed by atoms with Gasteiger partial charge in [0.15, 0.2) is 0 Å². The van der Waals surface area contributed by atoms with Gasteiger partial charge >= 0.3 is 0 Å². The average molecular weight is 284 g/mol. The summed E-state index contributed by atoms with van der Waals surface area (Å²) < 4.78 is 2.07. The maximum Gasteiger partial charge on any atom is 0.138 e. The minimum Gasteiger partial charge on any atom is -0.313 e. The van der Waals surface area contributed by atoms with Gasteiger partial charge in [0, 0.05) is 19.0 Å². The van der Waals surface area contributed by atoms with Gasteiger partial charge in [-0.3, -0.25) is 0 Å². The van der Waals surface area contributed by atoms with Gasteiger partial charge in [0.1, 0.15) is 12.2 Å². The third-order valence-electron chi connectivity index (χ3n) is 4.33. The molecule has 2 unspecified atom stereocenters. The molecule has 0 bridgehead atoms. The molecule has 1 aromatic heterocycles. The lowest BCUT2D eigenvalue weighted by molar-refractivity contribution is 0.383. The number of rotatable bonds is 5. The molecule has 0 radical (unpaired) electrons. The quantitative estimate of drug-likeness (QED) is 0.918. The predicted molar refractivity (Wildman–Crippen MR) is 84.0 cm³/mol. The smallest absolute Gasteiger partial charge is 0.138 e. The number of hydrogen-bond donors (Lipinski definition) is 1. The van der Waals surface area contributed by atoms with E-state index in [1.165, 1.54) is 11.1 Å². The molecule has 1 heterocycles. The molecule has 0 saturated heterocycles. The van der Waals surface area contributed by atoms with Crippen molar-refractivity contribution in [2.45, 2.75) is 39.3 Å². The van der Waals surface area contributed by atoms with Crippen LogP contribution in [0.2, 0.25) is 0 Å². The summed E-state index contributed by atoms with van der Waals surface area (Å²) in [5.41, 5.74) is 2.91. The van der Waals surface area contributed by atoms with Crippen LogP contribution < -0.4 is 5.32 Å². The van der Waals surface area contributed by atoms with Gasteiger partial charge in [-0.2, -0.15) is 5.10 Å². The average Bonchev–Trinajstić information content (AvgIpc) is 3.02. The highest BCUT2D eigenvalue weighted by atomic mass is 15.3. The van der Waals surface area contributed by atoms with Crippen LogP contribution in [0.4, 0.5) is 0 Å². The van der Waals surface area contributed by atoms with E-state index >= 15 is 0 Å². The maximum atomic E-state index is 4.49. The van der Waals surface area contributed by atoms with Gasteiger partial charge < -0.3 is 5.32 Å². The van der Waals surface area contributed by atoms with Crippen molar-refractivity contribution in [3.8, 4) is 0 Å². The minimum atomic E-state index is 0.422. The molecule has 4 heteroatoms. The van der Waals surface area contributed by atoms with Crippen LogP contribution in [0.15, 0.2) is 30.6 Å². The Morgan fingerprint density at radius 3 is 2.90 bits per heavy atom. The molecule has 4 nitrogen and oxygen atoms in total.